The Balaban J connectivity index is 1.61. The first-order chi connectivity index (χ1) is 15.0. The number of hydrogen-bond donors (Lipinski definition) is 1. The molecule has 0 saturated heterocycles. The van der Waals surface area contributed by atoms with E-state index in [1.165, 1.54) is 24.9 Å². The third-order valence-electron chi connectivity index (χ3n) is 4.54. The highest BCUT2D eigenvalue weighted by molar-refractivity contribution is 7.99. The number of thioether (sulfide) groups is 2. The van der Waals surface area contributed by atoms with Crippen molar-refractivity contribution in [3.05, 3.63) is 64.1 Å². The fraction of sp³-hybridized carbons (Fsp3) is 0.350. The molecule has 0 aliphatic carbocycles. The molecular formula is C20H23N5O4S2. The highest BCUT2D eigenvalue weighted by Gasteiger charge is 2.20. The van der Waals surface area contributed by atoms with Gasteiger partial charge in [0, 0.05) is 18.0 Å². The van der Waals surface area contributed by atoms with Crippen molar-refractivity contribution in [3.8, 4) is 5.75 Å². The first kappa shape index (κ1) is 22.9. The number of nitrogens with one attached hydrogen (secondary N) is 1. The molecule has 11 heteroatoms. The molecule has 1 N–H and O–H groups in total. The van der Waals surface area contributed by atoms with Crippen molar-refractivity contribution >= 4 is 40.8 Å². The monoisotopic (exact) mass is 461 g/mol. The van der Waals surface area contributed by atoms with Crippen LogP contribution in [0.2, 0.25) is 0 Å². The van der Waals surface area contributed by atoms with Gasteiger partial charge < -0.3 is 10.1 Å². The number of benzene rings is 1. The number of fused-ring (bicyclic) bond motifs is 1. The smallest absolute Gasteiger partial charge is 0.311 e. The zero-order valence-electron chi connectivity index (χ0n) is 17.2. The zero-order valence-corrected chi connectivity index (χ0v) is 18.8. The van der Waals surface area contributed by atoms with Crippen molar-refractivity contribution in [1.82, 2.24) is 19.9 Å². The highest BCUT2D eigenvalue weighted by atomic mass is 32.2. The Bertz CT molecular complexity index is 1060. The highest BCUT2D eigenvalue weighted by Crippen LogP contribution is 2.29. The van der Waals surface area contributed by atoms with Crippen molar-refractivity contribution in [1.29, 1.82) is 0 Å². The summed E-state index contributed by atoms with van der Waals surface area (Å²) in [7, 11) is 1.40. The Labute approximate surface area is 188 Å². The number of methoxy groups -OCH3 is 1. The predicted molar refractivity (Wildman–Crippen MR) is 123 cm³/mol. The lowest BCUT2D eigenvalue weighted by molar-refractivity contribution is -0.385. The van der Waals surface area contributed by atoms with Gasteiger partial charge in [0.1, 0.15) is 0 Å². The van der Waals surface area contributed by atoms with E-state index in [1.54, 1.807) is 23.9 Å². The maximum Gasteiger partial charge on any atom is 0.311 e. The third-order valence-corrected chi connectivity index (χ3v) is 6.19. The summed E-state index contributed by atoms with van der Waals surface area (Å²) in [5, 5.41) is 22.7. The molecule has 0 bridgehead atoms. The number of hydrogen-bond acceptors (Lipinski definition) is 8. The lowest BCUT2D eigenvalue weighted by atomic mass is 10.2. The topological polar surface area (TPSA) is 112 Å². The van der Waals surface area contributed by atoms with Gasteiger partial charge in [-0.3, -0.25) is 19.3 Å². The maximum absolute atomic E-state index is 12.6. The molecule has 1 aromatic carbocycles. The van der Waals surface area contributed by atoms with E-state index in [9.17, 15) is 14.9 Å². The number of ether oxygens (including phenoxy) is 1. The summed E-state index contributed by atoms with van der Waals surface area (Å²) < 4.78 is 6.90. The van der Waals surface area contributed by atoms with Crippen molar-refractivity contribution in [2.24, 2.45) is 0 Å². The van der Waals surface area contributed by atoms with Gasteiger partial charge in [0.05, 0.1) is 23.8 Å². The molecule has 3 aromatic rings. The number of nitro groups is 1. The Morgan fingerprint density at radius 3 is 2.90 bits per heavy atom. The van der Waals surface area contributed by atoms with E-state index < -0.39 is 4.92 Å². The third kappa shape index (κ3) is 5.88. The van der Waals surface area contributed by atoms with Crippen molar-refractivity contribution < 1.29 is 14.5 Å². The van der Waals surface area contributed by atoms with Crippen LogP contribution in [0.15, 0.2) is 42.6 Å². The second-order valence-corrected chi connectivity index (χ2v) is 8.62. The lowest BCUT2D eigenvalue weighted by Gasteiger charge is -2.17. The summed E-state index contributed by atoms with van der Waals surface area (Å²) in [4.78, 5) is 23.3. The largest absolute Gasteiger partial charge is 0.490 e. The molecule has 31 heavy (non-hydrogen) atoms. The van der Waals surface area contributed by atoms with Crippen LogP contribution in [0.4, 0.5) is 5.69 Å². The van der Waals surface area contributed by atoms with Gasteiger partial charge in [0.15, 0.2) is 17.2 Å². The van der Waals surface area contributed by atoms with Gasteiger partial charge in [0.25, 0.3) is 0 Å². The zero-order chi connectivity index (χ0) is 22.2. The van der Waals surface area contributed by atoms with Crippen LogP contribution in [0.25, 0.3) is 5.65 Å². The van der Waals surface area contributed by atoms with E-state index in [2.05, 4.69) is 15.5 Å². The first-order valence-corrected chi connectivity index (χ1v) is 12.1. The number of nitro benzene ring substituents is 1. The summed E-state index contributed by atoms with van der Waals surface area (Å²) in [5.74, 6) is 2.37. The molecule has 1 unspecified atom stereocenters. The number of pyridine rings is 1. The number of amides is 1. The van der Waals surface area contributed by atoms with Crippen LogP contribution in [-0.4, -0.2) is 50.3 Å². The predicted octanol–water partition coefficient (Wildman–Crippen LogP) is 3.49. The molecule has 9 nitrogen and oxygen atoms in total. The number of rotatable bonds is 11. The summed E-state index contributed by atoms with van der Waals surface area (Å²) in [6.07, 6.45) is 4.64. The van der Waals surface area contributed by atoms with E-state index >= 15 is 0 Å². The fourth-order valence-electron chi connectivity index (χ4n) is 3.06. The minimum atomic E-state index is -0.473. The molecule has 2 aromatic heterocycles. The second-order valence-electron chi connectivity index (χ2n) is 6.64. The van der Waals surface area contributed by atoms with E-state index in [0.717, 1.165) is 23.4 Å². The molecule has 164 valence electrons. The van der Waals surface area contributed by atoms with Gasteiger partial charge in [-0.15, -0.1) is 22.0 Å². The number of nitrogens with zero attached hydrogens (tertiary/aromatic N) is 4. The van der Waals surface area contributed by atoms with Gasteiger partial charge in [-0.2, -0.15) is 11.8 Å². The molecule has 0 aliphatic heterocycles. The van der Waals surface area contributed by atoms with Crippen LogP contribution < -0.4 is 10.1 Å². The van der Waals surface area contributed by atoms with Gasteiger partial charge >= 0.3 is 5.69 Å². The normalized spacial score (nSPS) is 11.9. The van der Waals surface area contributed by atoms with Crippen LogP contribution in [-0.2, 0) is 10.5 Å². The molecule has 3 rings (SSSR count). The fourth-order valence-corrected chi connectivity index (χ4v) is 4.32. The molecule has 0 spiro atoms. The van der Waals surface area contributed by atoms with E-state index in [0.29, 0.717) is 11.6 Å². The van der Waals surface area contributed by atoms with E-state index in [1.807, 2.05) is 35.1 Å². The summed E-state index contributed by atoms with van der Waals surface area (Å²) in [6, 6.07) is 10.2. The van der Waals surface area contributed by atoms with Crippen molar-refractivity contribution in [3.63, 3.8) is 0 Å². The van der Waals surface area contributed by atoms with Crippen molar-refractivity contribution in [2.75, 3.05) is 24.9 Å². The molecule has 1 atom stereocenters. The minimum absolute atomic E-state index is 0.0825. The molecule has 0 fully saturated rings. The van der Waals surface area contributed by atoms with Gasteiger partial charge in [-0.25, -0.2) is 0 Å². The maximum atomic E-state index is 12.6. The van der Waals surface area contributed by atoms with Crippen LogP contribution >= 0.6 is 23.5 Å². The summed E-state index contributed by atoms with van der Waals surface area (Å²) in [6.45, 7) is 0. The Hall–Kier alpha value is -2.79. The molecule has 0 radical (unpaired) electrons. The van der Waals surface area contributed by atoms with Crippen LogP contribution in [0, 0.1) is 10.1 Å². The average molecular weight is 462 g/mol. The SMILES string of the molecule is COc1ccc(CSCC(=O)NC(CCSC)c2nnc3ccccn23)cc1[N+](=O)[O-]. The minimum Gasteiger partial charge on any atom is -0.490 e. The number of aromatic nitrogens is 3. The Kier molecular flexibility index (Phi) is 8.13. The number of carbonyl (C=O) groups is 1. The second kappa shape index (κ2) is 11.0. The molecule has 1 amide bonds. The average Bonchev–Trinajstić information content (AvgIpc) is 3.20. The quantitative estimate of drug-likeness (QED) is 0.341. The summed E-state index contributed by atoms with van der Waals surface area (Å²) >= 11 is 3.09. The van der Waals surface area contributed by atoms with Gasteiger partial charge in [-0.05, 0) is 42.2 Å². The van der Waals surface area contributed by atoms with Crippen molar-refractivity contribution in [2.45, 2.75) is 18.2 Å². The van der Waals surface area contributed by atoms with E-state index in [-0.39, 0.29) is 29.1 Å². The Morgan fingerprint density at radius 2 is 2.16 bits per heavy atom. The Morgan fingerprint density at radius 1 is 1.32 bits per heavy atom. The standard InChI is InChI=1S/C20H23N5O4S2/c1-29-17-7-6-14(11-16(17)25(27)28)12-31-13-19(26)21-15(8-10-30-2)20-23-22-18-5-3-4-9-24(18)20/h3-7,9,11,15H,8,10,12-13H2,1-2H3,(H,21,26). The molecule has 0 aliphatic rings. The molecule has 2 heterocycles. The van der Waals surface area contributed by atoms with Crippen LogP contribution in [0.3, 0.4) is 0 Å². The van der Waals surface area contributed by atoms with Gasteiger partial charge in [0.2, 0.25) is 5.91 Å². The molecular weight excluding hydrogens is 438 g/mol. The number of carbonyl (C=O) groups excluding carboxylic acids is 1. The van der Waals surface area contributed by atoms with Crippen LogP contribution in [0.1, 0.15) is 23.9 Å². The first-order valence-electron chi connectivity index (χ1n) is 9.50. The van der Waals surface area contributed by atoms with E-state index in [4.69, 9.17) is 4.74 Å². The molecule has 0 saturated carbocycles. The summed E-state index contributed by atoms with van der Waals surface area (Å²) in [5.41, 5.74) is 1.41. The van der Waals surface area contributed by atoms with Crippen LogP contribution in [0.5, 0.6) is 5.75 Å². The van der Waals surface area contributed by atoms with Gasteiger partial charge in [-0.1, -0.05) is 12.1 Å². The lowest BCUT2D eigenvalue weighted by Crippen LogP contribution is -2.31.